The molecule has 28 heavy (non-hydrogen) atoms. The van der Waals surface area contributed by atoms with Crippen LogP contribution in [0.15, 0.2) is 58.4 Å². The van der Waals surface area contributed by atoms with Crippen molar-refractivity contribution in [3.05, 3.63) is 59.7 Å². The van der Waals surface area contributed by atoms with Crippen molar-refractivity contribution in [2.45, 2.75) is 11.8 Å². The first-order valence-corrected chi connectivity index (χ1v) is 10.4. The fourth-order valence-electron chi connectivity index (χ4n) is 3.02. The number of sulfonamides is 1. The molecule has 1 aliphatic rings. The number of nitrogens with zero attached hydrogens (tertiary/aromatic N) is 2. The summed E-state index contributed by atoms with van der Waals surface area (Å²) >= 11 is 0. The Bertz CT molecular complexity index is 985. The number of carbonyl (C=O) groups is 1. The number of hydrogen-bond donors (Lipinski definition) is 1. The molecule has 2 aromatic rings. The van der Waals surface area contributed by atoms with Crippen molar-refractivity contribution in [2.24, 2.45) is 4.99 Å². The maximum atomic E-state index is 12.7. The molecule has 0 atom stereocenters. The topological polar surface area (TPSA) is 88.1 Å². The van der Waals surface area contributed by atoms with E-state index in [1.165, 1.54) is 16.4 Å². The first-order chi connectivity index (χ1) is 13.4. The molecular formula is C20H25N3O4S. The molecule has 1 fully saturated rings. The Morgan fingerprint density at radius 3 is 2.36 bits per heavy atom. The molecule has 0 saturated carbocycles. The Morgan fingerprint density at radius 1 is 1.11 bits per heavy atom. The molecule has 1 amide bonds. The third-order valence-electron chi connectivity index (χ3n) is 4.56. The van der Waals surface area contributed by atoms with Crippen molar-refractivity contribution in [1.29, 1.82) is 0 Å². The van der Waals surface area contributed by atoms with E-state index in [0.717, 1.165) is 11.1 Å². The maximum absolute atomic E-state index is 12.7. The van der Waals surface area contributed by atoms with Crippen LogP contribution in [0.5, 0.6) is 0 Å². The zero-order valence-electron chi connectivity index (χ0n) is 15.9. The summed E-state index contributed by atoms with van der Waals surface area (Å²) in [5.74, 6) is -0.347. The lowest BCUT2D eigenvalue weighted by atomic mass is 10.0. The summed E-state index contributed by atoms with van der Waals surface area (Å²) in [5, 5.41) is 2.78. The highest BCUT2D eigenvalue weighted by Gasteiger charge is 2.26. The molecule has 7 nitrogen and oxygen atoms in total. The minimum Gasteiger partial charge on any atom is -0.379 e. The van der Waals surface area contributed by atoms with E-state index in [9.17, 15) is 13.2 Å². The van der Waals surface area contributed by atoms with E-state index in [1.54, 1.807) is 19.2 Å². The van der Waals surface area contributed by atoms with Crippen LogP contribution in [0.25, 0.3) is 0 Å². The average molecular weight is 404 g/mol. The first kappa shape index (κ1) is 20.2. The van der Waals surface area contributed by atoms with Gasteiger partial charge < -0.3 is 10.1 Å². The molecule has 1 heterocycles. The van der Waals surface area contributed by atoms with Gasteiger partial charge in [0.1, 0.15) is 5.71 Å². The van der Waals surface area contributed by atoms with Gasteiger partial charge in [0, 0.05) is 32.8 Å². The standard InChI is InChI=1S/C20H23N3O4S.H2/c1-15-5-3-4-6-18(15)19(21-2)20(24)22-16-7-9-17(10-8-16)28(25,26)23-11-13-27-14-12-23;/h3-10H,11-14H2,1-2H3,(H,22,24);1H. The van der Waals surface area contributed by atoms with Crippen LogP contribution in [0.4, 0.5) is 5.69 Å². The molecular weight excluding hydrogens is 378 g/mol. The molecule has 150 valence electrons. The number of nitrogens with one attached hydrogen (secondary N) is 1. The van der Waals surface area contributed by atoms with Gasteiger partial charge in [0.05, 0.1) is 18.1 Å². The molecule has 0 spiro atoms. The Labute approximate surface area is 166 Å². The molecule has 0 unspecified atom stereocenters. The summed E-state index contributed by atoms with van der Waals surface area (Å²) in [6.45, 7) is 3.39. The van der Waals surface area contributed by atoms with Crippen molar-refractivity contribution < 1.29 is 19.4 Å². The molecule has 8 heteroatoms. The fraction of sp³-hybridized carbons (Fsp3) is 0.300. The van der Waals surface area contributed by atoms with Gasteiger partial charge in [-0.1, -0.05) is 24.3 Å². The minimum atomic E-state index is -3.56. The monoisotopic (exact) mass is 403 g/mol. The molecule has 0 aromatic heterocycles. The van der Waals surface area contributed by atoms with E-state index in [1.807, 2.05) is 31.2 Å². The Balaban J connectivity index is 0.00000300. The van der Waals surface area contributed by atoms with Crippen molar-refractivity contribution in [3.8, 4) is 0 Å². The van der Waals surface area contributed by atoms with Crippen LogP contribution in [-0.4, -0.2) is 57.7 Å². The van der Waals surface area contributed by atoms with Crippen LogP contribution >= 0.6 is 0 Å². The van der Waals surface area contributed by atoms with E-state index in [0.29, 0.717) is 37.7 Å². The van der Waals surface area contributed by atoms with Gasteiger partial charge >= 0.3 is 0 Å². The predicted molar refractivity (Wildman–Crippen MR) is 110 cm³/mol. The summed E-state index contributed by atoms with van der Waals surface area (Å²) in [5.41, 5.74) is 2.53. The number of benzene rings is 2. The predicted octanol–water partition coefficient (Wildman–Crippen LogP) is 2.32. The summed E-state index contributed by atoms with van der Waals surface area (Å²) in [6.07, 6.45) is 0. The molecule has 0 aliphatic carbocycles. The van der Waals surface area contributed by atoms with E-state index < -0.39 is 10.0 Å². The number of aryl methyl sites for hydroxylation is 1. The van der Waals surface area contributed by atoms with Gasteiger partial charge in [0.2, 0.25) is 10.0 Å². The quantitative estimate of drug-likeness (QED) is 0.776. The number of hydrogen-bond acceptors (Lipinski definition) is 5. The molecule has 1 aliphatic heterocycles. The normalized spacial score (nSPS) is 16.0. The molecule has 3 rings (SSSR count). The highest BCUT2D eigenvalue weighted by molar-refractivity contribution is 7.89. The van der Waals surface area contributed by atoms with Crippen LogP contribution in [0.1, 0.15) is 12.6 Å². The van der Waals surface area contributed by atoms with Gasteiger partial charge in [0.15, 0.2) is 0 Å². The van der Waals surface area contributed by atoms with Crippen molar-refractivity contribution in [3.63, 3.8) is 0 Å². The second-order valence-corrected chi connectivity index (χ2v) is 8.32. The van der Waals surface area contributed by atoms with Crippen molar-refractivity contribution in [2.75, 3.05) is 38.7 Å². The summed E-state index contributed by atoms with van der Waals surface area (Å²) in [4.78, 5) is 17.0. The lowest BCUT2D eigenvalue weighted by molar-refractivity contribution is -0.110. The van der Waals surface area contributed by atoms with E-state index in [2.05, 4.69) is 10.3 Å². The van der Waals surface area contributed by atoms with Crippen molar-refractivity contribution >= 4 is 27.3 Å². The van der Waals surface area contributed by atoms with E-state index in [4.69, 9.17) is 4.74 Å². The van der Waals surface area contributed by atoms with Crippen LogP contribution in [0.3, 0.4) is 0 Å². The number of rotatable bonds is 5. The van der Waals surface area contributed by atoms with Gasteiger partial charge in [-0.3, -0.25) is 9.79 Å². The summed E-state index contributed by atoms with van der Waals surface area (Å²) < 4.78 is 31.9. The lowest BCUT2D eigenvalue weighted by Gasteiger charge is -2.26. The lowest BCUT2D eigenvalue weighted by Crippen LogP contribution is -2.40. The first-order valence-electron chi connectivity index (χ1n) is 8.95. The van der Waals surface area contributed by atoms with Crippen LogP contribution in [0, 0.1) is 6.92 Å². The third-order valence-corrected chi connectivity index (χ3v) is 6.47. The van der Waals surface area contributed by atoms with Crippen LogP contribution < -0.4 is 5.32 Å². The SMILES string of the molecule is CN=C(C(=O)Nc1ccc(S(=O)(=O)N2CCOCC2)cc1)c1ccccc1C.[HH]. The van der Waals surface area contributed by atoms with Gasteiger partial charge in [-0.2, -0.15) is 4.31 Å². The number of carbonyl (C=O) groups excluding carboxylic acids is 1. The molecule has 2 aromatic carbocycles. The highest BCUT2D eigenvalue weighted by atomic mass is 32.2. The zero-order valence-corrected chi connectivity index (χ0v) is 16.7. The van der Waals surface area contributed by atoms with Gasteiger partial charge in [0.25, 0.3) is 5.91 Å². The zero-order chi connectivity index (χ0) is 20.1. The van der Waals surface area contributed by atoms with Crippen molar-refractivity contribution in [1.82, 2.24) is 4.31 Å². The number of aliphatic imine (C=N–C) groups is 1. The Hall–Kier alpha value is -2.55. The number of anilines is 1. The number of morpholine rings is 1. The largest absolute Gasteiger partial charge is 0.379 e. The van der Waals surface area contributed by atoms with Crippen LogP contribution in [0.2, 0.25) is 0 Å². The maximum Gasteiger partial charge on any atom is 0.274 e. The summed E-state index contributed by atoms with van der Waals surface area (Å²) in [6, 6.07) is 13.7. The molecule has 1 N–H and O–H groups in total. The van der Waals surface area contributed by atoms with Crippen LogP contribution in [-0.2, 0) is 19.6 Å². The minimum absolute atomic E-state index is 0. The highest BCUT2D eigenvalue weighted by Crippen LogP contribution is 2.20. The molecule has 0 radical (unpaired) electrons. The van der Waals surface area contributed by atoms with Gasteiger partial charge in [-0.15, -0.1) is 0 Å². The smallest absolute Gasteiger partial charge is 0.274 e. The van der Waals surface area contributed by atoms with Gasteiger partial charge in [-0.05, 0) is 36.8 Å². The van der Waals surface area contributed by atoms with E-state index >= 15 is 0 Å². The Morgan fingerprint density at radius 2 is 1.75 bits per heavy atom. The van der Waals surface area contributed by atoms with Gasteiger partial charge in [-0.25, -0.2) is 8.42 Å². The summed E-state index contributed by atoms with van der Waals surface area (Å²) in [7, 11) is -1.99. The Kier molecular flexibility index (Phi) is 6.23. The number of amides is 1. The molecule has 0 bridgehead atoms. The second-order valence-electron chi connectivity index (χ2n) is 6.38. The number of ether oxygens (including phenoxy) is 1. The second kappa shape index (κ2) is 8.64. The third kappa shape index (κ3) is 4.30. The fourth-order valence-corrected chi connectivity index (χ4v) is 4.43. The average Bonchev–Trinajstić information content (AvgIpc) is 2.71. The molecule has 1 saturated heterocycles. The van der Waals surface area contributed by atoms with E-state index in [-0.39, 0.29) is 12.2 Å².